The average molecular weight is 372 g/mol. The number of aromatic nitrogens is 1. The molecule has 0 saturated heterocycles. The largest absolute Gasteiger partial charge is 0.494 e. The molecule has 0 aliphatic rings. The molecule has 6 heteroatoms. The maximum absolute atomic E-state index is 12.5. The van der Waals surface area contributed by atoms with Crippen LogP contribution >= 0.6 is 11.6 Å². The quantitative estimate of drug-likeness (QED) is 0.565. The van der Waals surface area contributed by atoms with Crippen LogP contribution in [0, 0.1) is 18.3 Å². The Balaban J connectivity index is 2.44. The minimum absolute atomic E-state index is 0.0332. The third-order valence-electron chi connectivity index (χ3n) is 4.23. The van der Waals surface area contributed by atoms with Crippen LogP contribution in [-0.4, -0.2) is 15.9 Å². The number of pyridine rings is 1. The first-order chi connectivity index (χ1) is 12.5. The molecule has 0 unspecified atom stereocenters. The van der Waals surface area contributed by atoms with Crippen LogP contribution in [0.2, 0.25) is 5.02 Å². The van der Waals surface area contributed by atoms with Crippen LogP contribution in [0.4, 0.5) is 5.69 Å². The van der Waals surface area contributed by atoms with Crippen molar-refractivity contribution in [1.82, 2.24) is 4.57 Å². The van der Waals surface area contributed by atoms with Crippen molar-refractivity contribution in [2.75, 3.05) is 0 Å². The second-order valence-electron chi connectivity index (χ2n) is 6.10. The Labute approximate surface area is 158 Å². The SMILES string of the molecule is CCCCCCn1c(O)c(C=Nc2cccc(Cl)c2)c(C)c(C#N)c1=O. The summed E-state index contributed by atoms with van der Waals surface area (Å²) in [5, 5.41) is 20.5. The molecule has 0 saturated carbocycles. The Hall–Kier alpha value is -2.58. The first-order valence-electron chi connectivity index (χ1n) is 8.65. The van der Waals surface area contributed by atoms with Crippen LogP contribution in [0.25, 0.3) is 0 Å². The summed E-state index contributed by atoms with van der Waals surface area (Å²) in [5.41, 5.74) is 0.988. The Bertz CT molecular complexity index is 910. The minimum Gasteiger partial charge on any atom is -0.494 e. The number of aromatic hydroxyl groups is 1. The molecule has 1 aromatic carbocycles. The molecule has 0 radical (unpaired) electrons. The van der Waals surface area contributed by atoms with Crippen molar-refractivity contribution >= 4 is 23.5 Å². The van der Waals surface area contributed by atoms with Gasteiger partial charge in [0, 0.05) is 17.8 Å². The average Bonchev–Trinajstić information content (AvgIpc) is 2.61. The molecule has 0 atom stereocenters. The third-order valence-corrected chi connectivity index (χ3v) is 4.47. The molecule has 26 heavy (non-hydrogen) atoms. The van der Waals surface area contributed by atoms with E-state index in [0.29, 0.717) is 28.4 Å². The molecule has 0 spiro atoms. The lowest BCUT2D eigenvalue weighted by atomic mass is 10.1. The van der Waals surface area contributed by atoms with Gasteiger partial charge in [0.05, 0.1) is 11.3 Å². The van der Waals surface area contributed by atoms with E-state index in [4.69, 9.17) is 11.6 Å². The zero-order chi connectivity index (χ0) is 19.1. The topological polar surface area (TPSA) is 78.4 Å². The highest BCUT2D eigenvalue weighted by Crippen LogP contribution is 2.23. The van der Waals surface area contributed by atoms with Gasteiger partial charge in [0.1, 0.15) is 11.6 Å². The summed E-state index contributed by atoms with van der Waals surface area (Å²) in [6.07, 6.45) is 5.34. The van der Waals surface area contributed by atoms with Crippen LogP contribution in [-0.2, 0) is 6.54 Å². The maximum atomic E-state index is 12.5. The molecular weight excluding hydrogens is 350 g/mol. The number of nitrogens with zero attached hydrogens (tertiary/aromatic N) is 3. The molecule has 1 aromatic heterocycles. The fourth-order valence-electron chi connectivity index (χ4n) is 2.73. The molecule has 2 rings (SSSR count). The van der Waals surface area contributed by atoms with E-state index in [1.165, 1.54) is 10.8 Å². The Morgan fingerprint density at radius 2 is 2.12 bits per heavy atom. The fourth-order valence-corrected chi connectivity index (χ4v) is 2.91. The van der Waals surface area contributed by atoms with E-state index in [1.54, 1.807) is 31.2 Å². The maximum Gasteiger partial charge on any atom is 0.271 e. The minimum atomic E-state index is -0.459. The fraction of sp³-hybridized carbons (Fsp3) is 0.350. The predicted octanol–water partition coefficient (Wildman–Crippen LogP) is 4.72. The third kappa shape index (κ3) is 4.53. The summed E-state index contributed by atoms with van der Waals surface area (Å²) < 4.78 is 1.26. The molecule has 0 bridgehead atoms. The van der Waals surface area contributed by atoms with Crippen molar-refractivity contribution in [3.05, 3.63) is 56.3 Å². The zero-order valence-electron chi connectivity index (χ0n) is 15.0. The number of hydrogen-bond acceptors (Lipinski definition) is 4. The predicted molar refractivity (Wildman–Crippen MR) is 105 cm³/mol. The first-order valence-corrected chi connectivity index (χ1v) is 9.03. The van der Waals surface area contributed by atoms with Gasteiger partial charge < -0.3 is 5.11 Å². The van der Waals surface area contributed by atoms with E-state index < -0.39 is 5.56 Å². The lowest BCUT2D eigenvalue weighted by Crippen LogP contribution is -2.25. The molecule has 5 nitrogen and oxygen atoms in total. The van der Waals surface area contributed by atoms with E-state index in [0.717, 1.165) is 25.7 Å². The van der Waals surface area contributed by atoms with E-state index in [9.17, 15) is 15.2 Å². The number of hydrogen-bond donors (Lipinski definition) is 1. The van der Waals surface area contributed by atoms with Crippen LogP contribution in [0.1, 0.15) is 49.3 Å². The highest BCUT2D eigenvalue weighted by Gasteiger charge is 2.17. The first kappa shape index (κ1) is 19.7. The van der Waals surface area contributed by atoms with E-state index in [-0.39, 0.29) is 11.4 Å². The van der Waals surface area contributed by atoms with E-state index in [1.807, 2.05) is 6.07 Å². The Morgan fingerprint density at radius 1 is 1.35 bits per heavy atom. The number of aliphatic imine (C=N–C) groups is 1. The van der Waals surface area contributed by atoms with Crippen LogP contribution in [0.5, 0.6) is 5.88 Å². The molecule has 0 aliphatic carbocycles. The smallest absolute Gasteiger partial charge is 0.271 e. The summed E-state index contributed by atoms with van der Waals surface area (Å²) in [7, 11) is 0. The van der Waals surface area contributed by atoms with Crippen LogP contribution in [0.3, 0.4) is 0 Å². The molecule has 2 aromatic rings. The second kappa shape index (κ2) is 9.21. The monoisotopic (exact) mass is 371 g/mol. The van der Waals surface area contributed by atoms with Gasteiger partial charge in [-0.3, -0.25) is 14.4 Å². The van der Waals surface area contributed by atoms with Crippen molar-refractivity contribution in [3.63, 3.8) is 0 Å². The van der Waals surface area contributed by atoms with Gasteiger partial charge in [-0.2, -0.15) is 5.26 Å². The van der Waals surface area contributed by atoms with Gasteiger partial charge in [0.2, 0.25) is 5.88 Å². The lowest BCUT2D eigenvalue weighted by Gasteiger charge is -2.14. The van der Waals surface area contributed by atoms with Gasteiger partial charge in [-0.25, -0.2) is 0 Å². The molecule has 1 N–H and O–H groups in total. The van der Waals surface area contributed by atoms with Gasteiger partial charge >= 0.3 is 0 Å². The Morgan fingerprint density at radius 3 is 2.77 bits per heavy atom. The van der Waals surface area contributed by atoms with Gasteiger partial charge in [0.15, 0.2) is 0 Å². The van der Waals surface area contributed by atoms with Gasteiger partial charge in [-0.1, -0.05) is 43.9 Å². The lowest BCUT2D eigenvalue weighted by molar-refractivity contribution is 0.397. The molecule has 0 aliphatic heterocycles. The number of benzene rings is 1. The summed E-state index contributed by atoms with van der Waals surface area (Å²) in [5.74, 6) is -0.159. The van der Waals surface area contributed by atoms with Crippen molar-refractivity contribution in [3.8, 4) is 11.9 Å². The summed E-state index contributed by atoms with van der Waals surface area (Å²) in [6.45, 7) is 4.12. The van der Waals surface area contributed by atoms with Crippen LogP contribution in [0.15, 0.2) is 34.1 Å². The van der Waals surface area contributed by atoms with Crippen molar-refractivity contribution in [2.24, 2.45) is 4.99 Å². The Kier molecular flexibility index (Phi) is 6.99. The summed E-state index contributed by atoms with van der Waals surface area (Å²) in [4.78, 5) is 16.8. The van der Waals surface area contributed by atoms with Crippen molar-refractivity contribution in [2.45, 2.75) is 46.1 Å². The zero-order valence-corrected chi connectivity index (χ0v) is 15.8. The van der Waals surface area contributed by atoms with Gasteiger partial charge in [0.25, 0.3) is 5.56 Å². The van der Waals surface area contributed by atoms with E-state index >= 15 is 0 Å². The molecule has 0 amide bonds. The van der Waals surface area contributed by atoms with Crippen LogP contribution < -0.4 is 5.56 Å². The van der Waals surface area contributed by atoms with E-state index in [2.05, 4.69) is 11.9 Å². The standard InChI is InChI=1S/C20H22ClN3O2/c1-3-4-5-6-10-24-19(25)17(12-22)14(2)18(20(24)26)13-23-16-9-7-8-15(21)11-16/h7-9,11,13,26H,3-6,10H2,1-2H3. The van der Waals surface area contributed by atoms with Gasteiger partial charge in [-0.15, -0.1) is 0 Å². The highest BCUT2D eigenvalue weighted by molar-refractivity contribution is 6.30. The normalized spacial score (nSPS) is 11.0. The van der Waals surface area contributed by atoms with Crippen molar-refractivity contribution in [1.29, 1.82) is 5.26 Å². The summed E-state index contributed by atoms with van der Waals surface area (Å²) in [6, 6.07) is 8.94. The molecule has 0 fully saturated rings. The number of unbranched alkanes of at least 4 members (excludes halogenated alkanes) is 3. The molecular formula is C20H22ClN3O2. The summed E-state index contributed by atoms with van der Waals surface area (Å²) >= 11 is 5.95. The number of nitriles is 1. The number of halogens is 1. The molecule has 1 heterocycles. The molecule has 136 valence electrons. The number of rotatable bonds is 7. The van der Waals surface area contributed by atoms with Gasteiger partial charge in [-0.05, 0) is 37.1 Å². The van der Waals surface area contributed by atoms with Crippen molar-refractivity contribution < 1.29 is 5.11 Å². The highest BCUT2D eigenvalue weighted by atomic mass is 35.5. The second-order valence-corrected chi connectivity index (χ2v) is 6.54.